The predicted octanol–water partition coefficient (Wildman–Crippen LogP) is 1.47. The Morgan fingerprint density at radius 1 is 1.28 bits per heavy atom. The first-order valence-corrected chi connectivity index (χ1v) is 6.30. The van der Waals surface area contributed by atoms with E-state index in [-0.39, 0.29) is 0 Å². The molecule has 1 aromatic rings. The van der Waals surface area contributed by atoms with E-state index in [2.05, 4.69) is 29.3 Å². The Bertz CT molecular complexity index is 329. The van der Waals surface area contributed by atoms with Crippen LogP contribution in [0.2, 0.25) is 0 Å². The molecule has 0 aliphatic carbocycles. The largest absolute Gasteiger partial charge is 0.383 e. The average molecular weight is 257 g/mol. The standard InChI is InChI=1S/C12H23N3O3/c1-5-12(6-2,17-4)11-14-10(18-15-11)9-13-7-8-16-3/h13H,5-9H2,1-4H3. The maximum atomic E-state index is 5.55. The van der Waals surface area contributed by atoms with Gasteiger partial charge in [0.2, 0.25) is 11.7 Å². The Kier molecular flexibility index (Phi) is 6.24. The van der Waals surface area contributed by atoms with Crippen LogP contribution in [-0.2, 0) is 21.6 Å². The van der Waals surface area contributed by atoms with Crippen LogP contribution in [0.15, 0.2) is 4.52 Å². The second-order valence-electron chi connectivity index (χ2n) is 4.09. The van der Waals surface area contributed by atoms with Gasteiger partial charge in [0, 0.05) is 20.8 Å². The van der Waals surface area contributed by atoms with Gasteiger partial charge in [-0.15, -0.1) is 0 Å². The molecular formula is C12H23N3O3. The molecule has 0 aliphatic heterocycles. The van der Waals surface area contributed by atoms with Crippen molar-refractivity contribution in [3.05, 3.63) is 11.7 Å². The van der Waals surface area contributed by atoms with E-state index in [1.165, 1.54) is 0 Å². The molecule has 104 valence electrons. The molecule has 1 N–H and O–H groups in total. The summed E-state index contributed by atoms with van der Waals surface area (Å²) in [5.74, 6) is 1.20. The zero-order chi connectivity index (χ0) is 13.4. The minimum atomic E-state index is -0.436. The number of nitrogens with zero attached hydrogens (tertiary/aromatic N) is 2. The van der Waals surface area contributed by atoms with Crippen LogP contribution in [0.5, 0.6) is 0 Å². The van der Waals surface area contributed by atoms with Crippen molar-refractivity contribution < 1.29 is 14.0 Å². The van der Waals surface area contributed by atoms with Crippen molar-refractivity contribution in [3.8, 4) is 0 Å². The average Bonchev–Trinajstić information content (AvgIpc) is 2.87. The molecule has 0 atom stereocenters. The van der Waals surface area contributed by atoms with E-state index in [1.807, 2.05) is 0 Å². The van der Waals surface area contributed by atoms with E-state index in [1.54, 1.807) is 14.2 Å². The van der Waals surface area contributed by atoms with Crippen LogP contribution in [-0.4, -0.2) is 37.5 Å². The van der Waals surface area contributed by atoms with Gasteiger partial charge >= 0.3 is 0 Å². The third kappa shape index (κ3) is 3.51. The summed E-state index contributed by atoms with van der Waals surface area (Å²) in [5.41, 5.74) is -0.436. The van der Waals surface area contributed by atoms with E-state index in [9.17, 15) is 0 Å². The van der Waals surface area contributed by atoms with E-state index < -0.39 is 5.60 Å². The number of nitrogens with one attached hydrogen (secondary N) is 1. The van der Waals surface area contributed by atoms with Gasteiger partial charge in [-0.2, -0.15) is 4.98 Å². The molecule has 0 saturated heterocycles. The fraction of sp³-hybridized carbons (Fsp3) is 0.833. The van der Waals surface area contributed by atoms with E-state index >= 15 is 0 Å². The predicted molar refractivity (Wildman–Crippen MR) is 67.1 cm³/mol. The SMILES string of the molecule is CCC(CC)(OC)c1noc(CNCCOC)n1. The molecule has 0 bridgehead atoms. The number of aromatic nitrogens is 2. The molecule has 6 heteroatoms. The highest BCUT2D eigenvalue weighted by Gasteiger charge is 2.33. The van der Waals surface area contributed by atoms with Crippen LogP contribution < -0.4 is 5.32 Å². The molecule has 1 rings (SSSR count). The first-order chi connectivity index (χ1) is 8.72. The van der Waals surface area contributed by atoms with Gasteiger partial charge in [0.05, 0.1) is 13.2 Å². The summed E-state index contributed by atoms with van der Waals surface area (Å²) in [4.78, 5) is 4.39. The number of hydrogen-bond donors (Lipinski definition) is 1. The monoisotopic (exact) mass is 257 g/mol. The Morgan fingerprint density at radius 3 is 2.56 bits per heavy atom. The fourth-order valence-corrected chi connectivity index (χ4v) is 1.83. The Balaban J connectivity index is 2.61. The number of ether oxygens (including phenoxy) is 2. The first-order valence-electron chi connectivity index (χ1n) is 6.30. The second-order valence-corrected chi connectivity index (χ2v) is 4.09. The molecule has 6 nitrogen and oxygen atoms in total. The van der Waals surface area contributed by atoms with E-state index in [0.29, 0.717) is 24.9 Å². The Labute approximate surface area is 108 Å². The molecule has 0 amide bonds. The van der Waals surface area contributed by atoms with Crippen molar-refractivity contribution in [2.45, 2.75) is 38.8 Å². The summed E-state index contributed by atoms with van der Waals surface area (Å²) in [7, 11) is 3.35. The summed E-state index contributed by atoms with van der Waals surface area (Å²) in [5, 5.41) is 7.18. The number of rotatable bonds is 9. The molecule has 1 heterocycles. The molecule has 0 radical (unpaired) electrons. The smallest absolute Gasteiger partial charge is 0.240 e. The van der Waals surface area contributed by atoms with Gasteiger partial charge in [0.15, 0.2) is 0 Å². The molecule has 1 aromatic heterocycles. The van der Waals surface area contributed by atoms with Gasteiger partial charge in [0.1, 0.15) is 5.60 Å². The highest BCUT2D eigenvalue weighted by Crippen LogP contribution is 2.29. The van der Waals surface area contributed by atoms with Crippen molar-refractivity contribution >= 4 is 0 Å². The topological polar surface area (TPSA) is 69.4 Å². The van der Waals surface area contributed by atoms with Crippen LogP contribution in [0.3, 0.4) is 0 Å². The fourth-order valence-electron chi connectivity index (χ4n) is 1.83. The molecule has 0 unspecified atom stereocenters. The third-order valence-electron chi connectivity index (χ3n) is 3.17. The van der Waals surface area contributed by atoms with Crippen molar-refractivity contribution in [2.75, 3.05) is 27.4 Å². The quantitative estimate of drug-likeness (QED) is 0.676. The molecular weight excluding hydrogens is 234 g/mol. The minimum Gasteiger partial charge on any atom is -0.383 e. The van der Waals surface area contributed by atoms with Crippen molar-refractivity contribution in [2.24, 2.45) is 0 Å². The minimum absolute atomic E-state index is 0.436. The van der Waals surface area contributed by atoms with Crippen molar-refractivity contribution in [3.63, 3.8) is 0 Å². The Morgan fingerprint density at radius 2 is 2.00 bits per heavy atom. The van der Waals surface area contributed by atoms with E-state index in [4.69, 9.17) is 14.0 Å². The molecule has 18 heavy (non-hydrogen) atoms. The normalized spacial score (nSPS) is 12.0. The van der Waals surface area contributed by atoms with Gasteiger partial charge < -0.3 is 19.3 Å². The van der Waals surface area contributed by atoms with Crippen LogP contribution in [0.1, 0.15) is 38.4 Å². The summed E-state index contributed by atoms with van der Waals surface area (Å²) in [6.07, 6.45) is 1.63. The van der Waals surface area contributed by atoms with Gasteiger partial charge in [-0.1, -0.05) is 19.0 Å². The number of methoxy groups -OCH3 is 2. The highest BCUT2D eigenvalue weighted by molar-refractivity contribution is 5.00. The summed E-state index contributed by atoms with van der Waals surface area (Å²) < 4.78 is 15.7. The first kappa shape index (κ1) is 15.1. The zero-order valence-corrected chi connectivity index (χ0v) is 11.7. The van der Waals surface area contributed by atoms with Crippen LogP contribution >= 0.6 is 0 Å². The summed E-state index contributed by atoms with van der Waals surface area (Å²) in [6.45, 7) is 6.07. The van der Waals surface area contributed by atoms with Gasteiger partial charge in [-0.3, -0.25) is 0 Å². The van der Waals surface area contributed by atoms with Crippen LogP contribution in [0.25, 0.3) is 0 Å². The van der Waals surface area contributed by atoms with Crippen LogP contribution in [0.4, 0.5) is 0 Å². The summed E-state index contributed by atoms with van der Waals surface area (Å²) >= 11 is 0. The molecule has 0 fully saturated rings. The highest BCUT2D eigenvalue weighted by atomic mass is 16.5. The van der Waals surface area contributed by atoms with Crippen molar-refractivity contribution in [1.29, 1.82) is 0 Å². The van der Waals surface area contributed by atoms with Crippen molar-refractivity contribution in [1.82, 2.24) is 15.5 Å². The van der Waals surface area contributed by atoms with Crippen LogP contribution in [0, 0.1) is 0 Å². The molecule has 0 spiro atoms. The van der Waals surface area contributed by atoms with Gasteiger partial charge in [-0.25, -0.2) is 0 Å². The maximum Gasteiger partial charge on any atom is 0.240 e. The van der Waals surface area contributed by atoms with Gasteiger partial charge in [-0.05, 0) is 12.8 Å². The van der Waals surface area contributed by atoms with Gasteiger partial charge in [0.25, 0.3) is 0 Å². The molecule has 0 saturated carbocycles. The Hall–Kier alpha value is -0.980. The lowest BCUT2D eigenvalue weighted by atomic mass is 9.96. The number of hydrogen-bond acceptors (Lipinski definition) is 6. The molecule has 0 aliphatic rings. The third-order valence-corrected chi connectivity index (χ3v) is 3.17. The maximum absolute atomic E-state index is 5.55. The zero-order valence-electron chi connectivity index (χ0n) is 11.7. The lowest BCUT2D eigenvalue weighted by molar-refractivity contribution is -0.0306. The molecule has 0 aromatic carbocycles. The van der Waals surface area contributed by atoms with E-state index in [0.717, 1.165) is 19.4 Å². The summed E-state index contributed by atoms with van der Waals surface area (Å²) in [6, 6.07) is 0. The lowest BCUT2D eigenvalue weighted by Crippen LogP contribution is -2.28. The lowest BCUT2D eigenvalue weighted by Gasteiger charge is -2.25. The second kappa shape index (κ2) is 7.45.